The molecule has 0 aromatic carbocycles. The minimum atomic E-state index is 0.380. The first-order chi connectivity index (χ1) is 9.74. The summed E-state index contributed by atoms with van der Waals surface area (Å²) in [5.74, 6) is 3.52. The summed E-state index contributed by atoms with van der Waals surface area (Å²) in [5.41, 5.74) is 0. The first kappa shape index (κ1) is 13.5. The highest BCUT2D eigenvalue weighted by Crippen LogP contribution is 2.18. The van der Waals surface area contributed by atoms with Crippen LogP contribution in [0, 0.1) is 0 Å². The van der Waals surface area contributed by atoms with E-state index in [1.807, 2.05) is 0 Å². The van der Waals surface area contributed by atoms with E-state index in [0.717, 1.165) is 48.5 Å². The van der Waals surface area contributed by atoms with Crippen molar-refractivity contribution >= 4 is 16.7 Å². The highest BCUT2D eigenvalue weighted by Gasteiger charge is 2.15. The smallest absolute Gasteiger partial charge is 0.202 e. The second-order valence-electron chi connectivity index (χ2n) is 5.43. The first-order valence-electron chi connectivity index (χ1n) is 7.22. The number of fused-ring (bicyclic) bond motifs is 1. The van der Waals surface area contributed by atoms with Crippen LogP contribution in [0.1, 0.15) is 50.1 Å². The highest BCUT2D eigenvalue weighted by atomic mass is 32.1. The molecule has 0 atom stereocenters. The van der Waals surface area contributed by atoms with Gasteiger partial charge in [0.2, 0.25) is 5.13 Å². The Morgan fingerprint density at radius 1 is 1.30 bits per heavy atom. The van der Waals surface area contributed by atoms with Gasteiger partial charge in [-0.25, -0.2) is 4.98 Å². The van der Waals surface area contributed by atoms with Gasteiger partial charge in [-0.1, -0.05) is 13.8 Å². The van der Waals surface area contributed by atoms with Crippen LogP contribution in [0.5, 0.6) is 0 Å². The van der Waals surface area contributed by atoms with Crippen LogP contribution >= 0.6 is 11.5 Å². The third-order valence-corrected chi connectivity index (χ3v) is 4.21. The number of hydrogen-bond acceptors (Lipinski definition) is 6. The second kappa shape index (κ2) is 5.87. The van der Waals surface area contributed by atoms with E-state index in [4.69, 9.17) is 0 Å². The fraction of sp³-hybridized carbons (Fsp3) is 0.692. The van der Waals surface area contributed by atoms with Crippen LogP contribution in [0.4, 0.5) is 5.13 Å². The third-order valence-electron chi connectivity index (χ3n) is 3.52. The van der Waals surface area contributed by atoms with E-state index in [0.29, 0.717) is 5.92 Å². The Morgan fingerprint density at radius 3 is 3.00 bits per heavy atom. The van der Waals surface area contributed by atoms with E-state index < -0.39 is 0 Å². The van der Waals surface area contributed by atoms with E-state index in [9.17, 15) is 0 Å². The van der Waals surface area contributed by atoms with Gasteiger partial charge in [-0.05, 0) is 12.8 Å². The van der Waals surface area contributed by atoms with Crippen molar-refractivity contribution in [2.75, 3.05) is 11.9 Å². The average Bonchev–Trinajstić information content (AvgIpc) is 3.06. The van der Waals surface area contributed by atoms with E-state index in [2.05, 4.69) is 43.3 Å². The van der Waals surface area contributed by atoms with Gasteiger partial charge >= 0.3 is 0 Å². The van der Waals surface area contributed by atoms with Gasteiger partial charge in [0.05, 0.1) is 0 Å². The number of nitrogens with one attached hydrogen (secondary N) is 1. The molecular weight excluding hydrogens is 272 g/mol. The van der Waals surface area contributed by atoms with Crippen LogP contribution in [0.2, 0.25) is 0 Å². The van der Waals surface area contributed by atoms with Crippen molar-refractivity contribution in [3.05, 3.63) is 17.5 Å². The summed E-state index contributed by atoms with van der Waals surface area (Å²) in [6.07, 6.45) is 4.41. The van der Waals surface area contributed by atoms with E-state index in [-0.39, 0.29) is 0 Å². The lowest BCUT2D eigenvalue weighted by atomic mass is 10.1. The molecule has 0 radical (unpaired) electrons. The summed E-state index contributed by atoms with van der Waals surface area (Å²) in [5, 5.41) is 12.8. The summed E-state index contributed by atoms with van der Waals surface area (Å²) < 4.78 is 6.61. The highest BCUT2D eigenvalue weighted by molar-refractivity contribution is 7.09. The molecular formula is C13H20N6S. The van der Waals surface area contributed by atoms with E-state index >= 15 is 0 Å². The van der Waals surface area contributed by atoms with Gasteiger partial charge < -0.3 is 9.88 Å². The monoisotopic (exact) mass is 292 g/mol. The standard InChI is InChI=1S/C13H20N6S/c1-9(2)12-15-13(20-18-12)14-7-6-11-17-16-10-5-3-4-8-19(10)11/h9H,3-8H2,1-2H3,(H,14,15,18). The Kier molecular flexibility index (Phi) is 3.95. The summed E-state index contributed by atoms with van der Waals surface area (Å²) in [6.45, 7) is 6.10. The maximum absolute atomic E-state index is 4.47. The number of rotatable bonds is 5. The van der Waals surface area contributed by atoms with Gasteiger partial charge in [-0.3, -0.25) is 0 Å². The molecule has 0 unspecified atom stereocenters. The van der Waals surface area contributed by atoms with Crippen molar-refractivity contribution in [1.29, 1.82) is 0 Å². The van der Waals surface area contributed by atoms with Crippen molar-refractivity contribution < 1.29 is 0 Å². The molecule has 0 bridgehead atoms. The number of aryl methyl sites for hydroxylation is 1. The number of nitrogens with zero attached hydrogens (tertiary/aromatic N) is 5. The van der Waals surface area contributed by atoms with Gasteiger partial charge in [0, 0.05) is 43.4 Å². The molecule has 0 spiro atoms. The quantitative estimate of drug-likeness (QED) is 0.915. The molecule has 3 heterocycles. The molecule has 6 nitrogen and oxygen atoms in total. The molecule has 2 aromatic heterocycles. The molecule has 7 heteroatoms. The Balaban J connectivity index is 1.55. The Bertz CT molecular complexity index is 573. The Labute approximate surface area is 122 Å². The average molecular weight is 292 g/mol. The predicted octanol–water partition coefficient (Wildman–Crippen LogP) is 2.24. The normalized spacial score (nSPS) is 14.6. The fourth-order valence-electron chi connectivity index (χ4n) is 2.38. The SMILES string of the molecule is CC(C)c1nsc(NCCc2nnc3n2CCCC3)n1. The van der Waals surface area contributed by atoms with Gasteiger partial charge in [0.1, 0.15) is 17.5 Å². The molecule has 0 aliphatic carbocycles. The molecule has 0 fully saturated rings. The number of anilines is 1. The summed E-state index contributed by atoms with van der Waals surface area (Å²) in [7, 11) is 0. The van der Waals surface area contributed by atoms with Crippen LogP contribution in [-0.4, -0.2) is 30.7 Å². The lowest BCUT2D eigenvalue weighted by molar-refractivity contribution is 0.508. The molecule has 0 saturated heterocycles. The van der Waals surface area contributed by atoms with Crippen molar-refractivity contribution in [2.24, 2.45) is 0 Å². The van der Waals surface area contributed by atoms with Crippen LogP contribution < -0.4 is 5.32 Å². The molecule has 1 N–H and O–H groups in total. The summed E-state index contributed by atoms with van der Waals surface area (Å²) in [4.78, 5) is 4.47. The molecule has 108 valence electrons. The number of aromatic nitrogens is 5. The summed E-state index contributed by atoms with van der Waals surface area (Å²) >= 11 is 1.43. The molecule has 2 aromatic rings. The fourth-order valence-corrected chi connectivity index (χ4v) is 3.11. The van der Waals surface area contributed by atoms with Gasteiger partial charge in [0.25, 0.3) is 0 Å². The minimum Gasteiger partial charge on any atom is -0.360 e. The largest absolute Gasteiger partial charge is 0.360 e. The third kappa shape index (κ3) is 2.82. The maximum Gasteiger partial charge on any atom is 0.202 e. The zero-order valence-electron chi connectivity index (χ0n) is 12.0. The maximum atomic E-state index is 4.47. The van der Waals surface area contributed by atoms with Crippen LogP contribution in [0.3, 0.4) is 0 Å². The Hall–Kier alpha value is -1.50. The van der Waals surface area contributed by atoms with Crippen LogP contribution in [-0.2, 0) is 19.4 Å². The molecule has 1 aliphatic rings. The summed E-state index contributed by atoms with van der Waals surface area (Å²) in [6, 6.07) is 0. The molecule has 3 rings (SSSR count). The van der Waals surface area contributed by atoms with Gasteiger partial charge in [-0.2, -0.15) is 4.37 Å². The number of hydrogen-bond donors (Lipinski definition) is 1. The first-order valence-corrected chi connectivity index (χ1v) is 8.00. The van der Waals surface area contributed by atoms with Crippen LogP contribution in [0.15, 0.2) is 0 Å². The van der Waals surface area contributed by atoms with Gasteiger partial charge in [0.15, 0.2) is 0 Å². The van der Waals surface area contributed by atoms with E-state index in [1.54, 1.807) is 0 Å². The van der Waals surface area contributed by atoms with Crippen LogP contribution in [0.25, 0.3) is 0 Å². The molecule has 0 amide bonds. The molecule has 1 aliphatic heterocycles. The van der Waals surface area contributed by atoms with Gasteiger partial charge in [-0.15, -0.1) is 10.2 Å². The van der Waals surface area contributed by atoms with E-state index in [1.165, 1.54) is 24.4 Å². The predicted molar refractivity (Wildman–Crippen MR) is 79.2 cm³/mol. The topological polar surface area (TPSA) is 68.5 Å². The van der Waals surface area contributed by atoms with Crippen molar-refractivity contribution in [1.82, 2.24) is 24.1 Å². The lowest BCUT2D eigenvalue weighted by Gasteiger charge is -2.14. The zero-order chi connectivity index (χ0) is 13.9. The van der Waals surface area contributed by atoms with Crippen molar-refractivity contribution in [2.45, 2.75) is 52.0 Å². The lowest BCUT2D eigenvalue weighted by Crippen LogP contribution is -2.15. The van der Waals surface area contributed by atoms with Crippen molar-refractivity contribution in [3.63, 3.8) is 0 Å². The Morgan fingerprint density at radius 2 is 2.20 bits per heavy atom. The minimum absolute atomic E-state index is 0.380. The molecule has 0 saturated carbocycles. The van der Waals surface area contributed by atoms with Crippen molar-refractivity contribution in [3.8, 4) is 0 Å². The molecule has 20 heavy (non-hydrogen) atoms. The zero-order valence-corrected chi connectivity index (χ0v) is 12.8. The second-order valence-corrected chi connectivity index (χ2v) is 6.18.